The molecule has 1 aliphatic rings. The molecule has 0 fully saturated rings. The fourth-order valence-corrected chi connectivity index (χ4v) is 4.77. The van der Waals surface area contributed by atoms with Gasteiger partial charge in [-0.1, -0.05) is 30.3 Å². The number of anilines is 2. The first-order valence-electron chi connectivity index (χ1n) is 12.2. The Kier molecular flexibility index (Phi) is 5.56. The molecule has 37 heavy (non-hydrogen) atoms. The van der Waals surface area contributed by atoms with Crippen LogP contribution >= 0.6 is 0 Å². The smallest absolute Gasteiger partial charge is 0.261 e. The molecule has 2 amide bonds. The third-order valence-corrected chi connectivity index (χ3v) is 6.62. The second-order valence-corrected chi connectivity index (χ2v) is 9.36. The van der Waals surface area contributed by atoms with Crippen LogP contribution in [-0.4, -0.2) is 33.1 Å². The summed E-state index contributed by atoms with van der Waals surface area (Å²) in [6.45, 7) is 4.65. The van der Waals surface area contributed by atoms with Crippen LogP contribution in [-0.2, 0) is 6.42 Å². The Hall–Kier alpha value is -4.72. The molecule has 1 N–H and O–H groups in total. The molecule has 0 saturated heterocycles. The molecule has 8 nitrogen and oxygen atoms in total. The van der Waals surface area contributed by atoms with Crippen LogP contribution in [0.15, 0.2) is 83.8 Å². The van der Waals surface area contributed by atoms with Crippen LogP contribution in [0.25, 0.3) is 22.3 Å². The minimum Gasteiger partial charge on any atom is -0.472 e. The Bertz CT molecular complexity index is 1620. The van der Waals surface area contributed by atoms with E-state index in [4.69, 9.17) is 9.40 Å². The van der Waals surface area contributed by atoms with Crippen molar-refractivity contribution < 1.29 is 14.0 Å². The monoisotopic (exact) mass is 491 g/mol. The second kappa shape index (κ2) is 9.05. The Morgan fingerprint density at radius 3 is 2.65 bits per heavy atom. The topological polar surface area (TPSA) is 93.3 Å². The summed E-state index contributed by atoms with van der Waals surface area (Å²) in [7, 11) is 0. The highest BCUT2D eigenvalue weighted by Crippen LogP contribution is 2.32. The zero-order valence-corrected chi connectivity index (χ0v) is 20.5. The largest absolute Gasteiger partial charge is 0.472 e. The second-order valence-electron chi connectivity index (χ2n) is 9.36. The molecule has 0 atom stereocenters. The summed E-state index contributed by atoms with van der Waals surface area (Å²) in [5.74, 6) is -0.337. The number of amides is 2. The van der Waals surface area contributed by atoms with Crippen molar-refractivity contribution in [1.29, 1.82) is 0 Å². The van der Waals surface area contributed by atoms with Gasteiger partial charge < -0.3 is 14.6 Å². The molecule has 5 aromatic rings. The van der Waals surface area contributed by atoms with Gasteiger partial charge in [-0.05, 0) is 56.2 Å². The first-order valence-corrected chi connectivity index (χ1v) is 12.2. The zero-order chi connectivity index (χ0) is 25.5. The highest BCUT2D eigenvalue weighted by atomic mass is 16.3. The minimum absolute atomic E-state index is 0.0938. The zero-order valence-electron chi connectivity index (χ0n) is 20.5. The number of hydrogen-bond donors (Lipinski definition) is 1. The van der Waals surface area contributed by atoms with E-state index in [0.717, 1.165) is 16.8 Å². The molecular weight excluding hydrogens is 466 g/mol. The Morgan fingerprint density at radius 2 is 1.89 bits per heavy atom. The van der Waals surface area contributed by atoms with Gasteiger partial charge in [-0.2, -0.15) is 5.10 Å². The number of aromatic nitrogens is 3. The number of hydrogen-bond acceptors (Lipinski definition) is 5. The fraction of sp³-hybridized carbons (Fsp3) is 0.172. The molecule has 184 valence electrons. The van der Waals surface area contributed by atoms with Crippen molar-refractivity contribution in [2.24, 2.45) is 0 Å². The van der Waals surface area contributed by atoms with E-state index in [1.165, 1.54) is 12.5 Å². The summed E-state index contributed by atoms with van der Waals surface area (Å²) >= 11 is 0. The van der Waals surface area contributed by atoms with Gasteiger partial charge in [-0.3, -0.25) is 9.59 Å². The first kappa shape index (κ1) is 22.7. The van der Waals surface area contributed by atoms with Crippen LogP contribution in [0.4, 0.5) is 11.4 Å². The van der Waals surface area contributed by atoms with Crippen molar-refractivity contribution >= 4 is 34.2 Å². The van der Waals surface area contributed by atoms with Gasteiger partial charge >= 0.3 is 0 Å². The van der Waals surface area contributed by atoms with Gasteiger partial charge in [-0.15, -0.1) is 0 Å². The van der Waals surface area contributed by atoms with Crippen LogP contribution in [0, 0.1) is 0 Å². The molecule has 0 saturated carbocycles. The fourth-order valence-electron chi connectivity index (χ4n) is 4.77. The van der Waals surface area contributed by atoms with Crippen molar-refractivity contribution in [3.63, 3.8) is 0 Å². The van der Waals surface area contributed by atoms with E-state index in [0.29, 0.717) is 46.5 Å². The van der Waals surface area contributed by atoms with Crippen LogP contribution in [0.5, 0.6) is 0 Å². The van der Waals surface area contributed by atoms with Crippen molar-refractivity contribution in [2.45, 2.75) is 26.3 Å². The van der Waals surface area contributed by atoms with Crippen molar-refractivity contribution in [3.8, 4) is 11.3 Å². The third kappa shape index (κ3) is 4.06. The molecule has 4 heterocycles. The van der Waals surface area contributed by atoms with E-state index < -0.39 is 0 Å². The van der Waals surface area contributed by atoms with Crippen molar-refractivity contribution in [2.75, 3.05) is 16.8 Å². The standard InChI is InChI=1S/C29H25N5O3/c1-18(2)34-27-24(16-30-34)23(15-25(32-27)19-6-4-3-5-7-19)28(35)31-22-8-9-26-20(14-22)10-12-33(26)29(36)21-11-13-37-17-21/h3-9,11,13-18H,10,12H2,1-2H3,(H,31,35). The van der Waals surface area contributed by atoms with E-state index in [-0.39, 0.29) is 17.9 Å². The average molecular weight is 492 g/mol. The summed E-state index contributed by atoms with van der Waals surface area (Å²) in [5, 5.41) is 8.25. The summed E-state index contributed by atoms with van der Waals surface area (Å²) in [6, 6.07) is 19.0. The number of nitrogens with zero attached hydrogens (tertiary/aromatic N) is 4. The van der Waals surface area contributed by atoms with Gasteiger partial charge in [0.2, 0.25) is 0 Å². The van der Waals surface area contributed by atoms with E-state index in [2.05, 4.69) is 10.4 Å². The van der Waals surface area contributed by atoms with Gasteiger partial charge in [-0.25, -0.2) is 9.67 Å². The quantitative estimate of drug-likeness (QED) is 0.339. The SMILES string of the molecule is CC(C)n1ncc2c(C(=O)Nc3ccc4c(c3)CCN4C(=O)c3ccoc3)cc(-c3ccccc3)nc21. The number of carbonyl (C=O) groups is 2. The Morgan fingerprint density at radius 1 is 1.05 bits per heavy atom. The maximum atomic E-state index is 13.6. The lowest BCUT2D eigenvalue weighted by Crippen LogP contribution is -2.28. The van der Waals surface area contributed by atoms with Crippen LogP contribution in [0.1, 0.15) is 46.2 Å². The number of rotatable bonds is 5. The average Bonchev–Trinajstić information content (AvgIpc) is 3.67. The lowest BCUT2D eigenvalue weighted by molar-refractivity contribution is 0.0987. The summed E-state index contributed by atoms with van der Waals surface area (Å²) in [4.78, 5) is 33.0. The number of benzene rings is 2. The molecule has 1 aliphatic heterocycles. The molecule has 8 heteroatoms. The van der Waals surface area contributed by atoms with Crippen LogP contribution in [0.3, 0.4) is 0 Å². The van der Waals surface area contributed by atoms with Gasteiger partial charge in [0.25, 0.3) is 11.8 Å². The van der Waals surface area contributed by atoms with Gasteiger partial charge in [0.05, 0.1) is 34.7 Å². The molecule has 0 unspecified atom stereocenters. The molecule has 0 spiro atoms. The number of pyridine rings is 1. The lowest BCUT2D eigenvalue weighted by atomic mass is 10.1. The molecule has 0 radical (unpaired) electrons. The van der Waals surface area contributed by atoms with Crippen molar-refractivity contribution in [3.05, 3.63) is 96.1 Å². The maximum Gasteiger partial charge on any atom is 0.261 e. The number of fused-ring (bicyclic) bond motifs is 2. The summed E-state index contributed by atoms with van der Waals surface area (Å²) in [5.41, 5.74) is 5.86. The third-order valence-electron chi connectivity index (χ3n) is 6.62. The number of nitrogens with one attached hydrogen (secondary N) is 1. The maximum absolute atomic E-state index is 13.6. The lowest BCUT2D eigenvalue weighted by Gasteiger charge is -2.17. The van der Waals surface area contributed by atoms with Gasteiger partial charge in [0, 0.05) is 29.5 Å². The van der Waals surface area contributed by atoms with E-state index in [9.17, 15) is 9.59 Å². The number of furan rings is 1. The molecule has 0 bridgehead atoms. The van der Waals surface area contributed by atoms with Crippen molar-refractivity contribution in [1.82, 2.24) is 14.8 Å². The normalized spacial score (nSPS) is 12.8. The molecule has 2 aromatic carbocycles. The molecule has 0 aliphatic carbocycles. The first-order chi connectivity index (χ1) is 18.0. The van der Waals surface area contributed by atoms with E-state index >= 15 is 0 Å². The Labute approximate surface area is 213 Å². The highest BCUT2D eigenvalue weighted by Gasteiger charge is 2.27. The summed E-state index contributed by atoms with van der Waals surface area (Å²) in [6.07, 6.45) is 5.36. The van der Waals surface area contributed by atoms with Crippen LogP contribution in [0.2, 0.25) is 0 Å². The minimum atomic E-state index is -0.239. The Balaban J connectivity index is 1.33. The molecule has 6 rings (SSSR count). The molecule has 3 aromatic heterocycles. The summed E-state index contributed by atoms with van der Waals surface area (Å²) < 4.78 is 6.90. The van der Waals surface area contributed by atoms with E-state index in [1.54, 1.807) is 17.2 Å². The van der Waals surface area contributed by atoms with Crippen LogP contribution < -0.4 is 10.2 Å². The predicted octanol–water partition coefficient (Wildman–Crippen LogP) is 5.73. The molecular formula is C29H25N5O3. The highest BCUT2D eigenvalue weighted by molar-refractivity contribution is 6.13. The van der Waals surface area contributed by atoms with Gasteiger partial charge in [0.1, 0.15) is 6.26 Å². The van der Waals surface area contributed by atoms with E-state index in [1.807, 2.05) is 73.1 Å². The van der Waals surface area contributed by atoms with Gasteiger partial charge in [0.15, 0.2) is 5.65 Å². The predicted molar refractivity (Wildman–Crippen MR) is 142 cm³/mol. The number of carbonyl (C=O) groups excluding carboxylic acids is 2.